The van der Waals surface area contributed by atoms with E-state index in [1.165, 1.54) is 21.3 Å². The van der Waals surface area contributed by atoms with Crippen molar-refractivity contribution in [2.45, 2.75) is 13.3 Å². The van der Waals surface area contributed by atoms with Gasteiger partial charge in [0.05, 0.1) is 9.34 Å². The largest absolute Gasteiger partial charge is 0.311 e. The van der Waals surface area contributed by atoms with Crippen molar-refractivity contribution in [3.05, 3.63) is 9.66 Å². The van der Waals surface area contributed by atoms with E-state index in [9.17, 15) is 0 Å². The molecule has 0 aromatic heterocycles. The quantitative estimate of drug-likeness (QED) is 0.656. The van der Waals surface area contributed by atoms with E-state index in [0.29, 0.717) is 0 Å². The fraction of sp³-hybridized carbons (Fsp3) is 0.500. The minimum atomic E-state index is 0.145. The van der Waals surface area contributed by atoms with Gasteiger partial charge in [-0.15, -0.1) is 0 Å². The summed E-state index contributed by atoms with van der Waals surface area (Å²) in [5.74, 6) is 0. The Morgan fingerprint density at radius 3 is 3.45 bits per heavy atom. The Morgan fingerprint density at radius 2 is 2.55 bits per heavy atom. The van der Waals surface area contributed by atoms with Crippen molar-refractivity contribution in [1.82, 2.24) is 5.32 Å². The molecule has 1 fully saturated rings. The first kappa shape index (κ1) is 7.61. The van der Waals surface area contributed by atoms with Crippen molar-refractivity contribution < 1.29 is 0 Å². The second-order valence-electron chi connectivity index (χ2n) is 2.73. The van der Waals surface area contributed by atoms with Crippen LogP contribution in [0.1, 0.15) is 13.3 Å². The minimum Gasteiger partial charge on any atom is -0.311 e. The van der Waals surface area contributed by atoms with Gasteiger partial charge < -0.3 is 5.32 Å². The van der Waals surface area contributed by atoms with Crippen molar-refractivity contribution in [2.24, 2.45) is 4.99 Å². The Hall–Kier alpha value is -0.0300. The minimum absolute atomic E-state index is 0.145. The molecule has 0 bridgehead atoms. The van der Waals surface area contributed by atoms with E-state index in [1.807, 2.05) is 0 Å². The lowest BCUT2D eigenvalue weighted by atomic mass is 10.1. The summed E-state index contributed by atoms with van der Waals surface area (Å²) in [4.78, 5) is 4.56. The van der Waals surface area contributed by atoms with E-state index in [-0.39, 0.29) is 20.7 Å². The summed E-state index contributed by atoms with van der Waals surface area (Å²) < 4.78 is 3.78. The number of piperidine rings is 1. The predicted octanol–water partition coefficient (Wildman–Crippen LogP) is 1.44. The summed E-state index contributed by atoms with van der Waals surface area (Å²) in [6, 6.07) is 0. The molecular weight excluding hydrogens is 251 g/mol. The van der Waals surface area contributed by atoms with Crippen molar-refractivity contribution in [3.63, 3.8) is 0 Å². The number of aliphatic imine (C=N–C) groups is 1. The van der Waals surface area contributed by atoms with Gasteiger partial charge in [-0.2, -0.15) is 0 Å². The van der Waals surface area contributed by atoms with Gasteiger partial charge in [0, 0.05) is 6.54 Å². The van der Waals surface area contributed by atoms with E-state index < -0.39 is 0 Å². The average molecular weight is 262 g/mol. The van der Waals surface area contributed by atoms with Gasteiger partial charge in [-0.25, -0.2) is 0 Å². The summed E-state index contributed by atoms with van der Waals surface area (Å²) in [7, 11) is 0. The molecule has 2 aliphatic heterocycles. The highest BCUT2D eigenvalue weighted by Gasteiger charge is 2.14. The van der Waals surface area contributed by atoms with E-state index in [1.54, 1.807) is 0 Å². The van der Waals surface area contributed by atoms with Gasteiger partial charge in [0.2, 0.25) is 0 Å². The Labute approximate surface area is 76.5 Å². The van der Waals surface area contributed by atoms with Crippen LogP contribution >= 0.6 is 20.7 Å². The van der Waals surface area contributed by atoms with Gasteiger partial charge in [-0.05, 0) is 29.5 Å². The van der Waals surface area contributed by atoms with Gasteiger partial charge >= 0.3 is 0 Å². The smallest absolute Gasteiger partial charge is 0.0702 e. The lowest BCUT2D eigenvalue weighted by Crippen LogP contribution is -2.32. The van der Waals surface area contributed by atoms with Gasteiger partial charge in [0.1, 0.15) is 0 Å². The van der Waals surface area contributed by atoms with Crippen molar-refractivity contribution >= 4 is 30.1 Å². The molecule has 0 aliphatic carbocycles. The number of halogens is 1. The molecule has 0 spiro atoms. The molecule has 0 aromatic carbocycles. The first-order valence-corrected chi connectivity index (χ1v) is 6.13. The van der Waals surface area contributed by atoms with Gasteiger partial charge in [0.25, 0.3) is 0 Å². The Kier molecular flexibility index (Phi) is 2.18. The Bertz CT molecular complexity index is 263. The lowest BCUT2D eigenvalue weighted by molar-refractivity contribution is 0.734. The highest BCUT2D eigenvalue weighted by atomic mass is 127. The maximum atomic E-state index is 4.56. The summed E-state index contributed by atoms with van der Waals surface area (Å²) in [5, 5.41) is 3.33. The van der Waals surface area contributed by atoms with E-state index >= 15 is 0 Å². The fourth-order valence-corrected chi connectivity index (χ4v) is 3.20. The Morgan fingerprint density at radius 1 is 1.64 bits per heavy atom. The van der Waals surface area contributed by atoms with Gasteiger partial charge in [-0.1, -0.05) is 20.7 Å². The second-order valence-corrected chi connectivity index (χ2v) is 5.53. The first-order valence-electron chi connectivity index (χ1n) is 3.81. The van der Waals surface area contributed by atoms with Crippen molar-refractivity contribution in [1.29, 1.82) is 0 Å². The zero-order valence-corrected chi connectivity index (χ0v) is 8.68. The van der Waals surface area contributed by atoms with Crippen LogP contribution in [0.2, 0.25) is 0 Å². The first-order chi connectivity index (χ1) is 5.36. The standard InChI is InChI=1S/C8H11IN2/c1-6-9-4-7-2-3-10-5-8(7)11-6/h4,10H,2-3,5H2,1H3. The Balaban J connectivity index is 2.32. The summed E-state index contributed by atoms with van der Waals surface area (Å²) >= 11 is 0.145. The van der Waals surface area contributed by atoms with E-state index in [2.05, 4.69) is 21.3 Å². The van der Waals surface area contributed by atoms with E-state index in [4.69, 9.17) is 0 Å². The zero-order chi connectivity index (χ0) is 7.68. The molecule has 2 nitrogen and oxygen atoms in total. The number of rotatable bonds is 0. The van der Waals surface area contributed by atoms with Crippen LogP contribution in [-0.4, -0.2) is 22.4 Å². The van der Waals surface area contributed by atoms with Crippen LogP contribution in [0.5, 0.6) is 0 Å². The number of nitrogens with zero attached hydrogens (tertiary/aromatic N) is 1. The third-order valence-corrected chi connectivity index (χ3v) is 4.07. The second kappa shape index (κ2) is 3.15. The van der Waals surface area contributed by atoms with Crippen LogP contribution in [0.3, 0.4) is 0 Å². The molecule has 0 radical (unpaired) electrons. The van der Waals surface area contributed by atoms with E-state index in [0.717, 1.165) is 13.1 Å². The van der Waals surface area contributed by atoms with Crippen LogP contribution in [0.25, 0.3) is 0 Å². The van der Waals surface area contributed by atoms with Crippen LogP contribution < -0.4 is 5.32 Å². The fourth-order valence-electron chi connectivity index (χ4n) is 1.27. The third-order valence-electron chi connectivity index (χ3n) is 1.87. The molecular formula is C8H11IN2. The highest BCUT2D eigenvalue weighted by Crippen LogP contribution is 2.20. The summed E-state index contributed by atoms with van der Waals surface area (Å²) in [6.45, 7) is 4.25. The molecule has 2 rings (SSSR count). The highest BCUT2D eigenvalue weighted by molar-refractivity contribution is 14.2. The van der Waals surface area contributed by atoms with Gasteiger partial charge in [-0.3, -0.25) is 4.99 Å². The van der Waals surface area contributed by atoms with Crippen molar-refractivity contribution in [2.75, 3.05) is 13.1 Å². The normalized spacial score (nSPS) is 23.9. The molecule has 1 saturated heterocycles. The van der Waals surface area contributed by atoms with Crippen LogP contribution in [-0.2, 0) is 0 Å². The third kappa shape index (κ3) is 1.59. The molecule has 60 valence electrons. The number of hydrogen-bond acceptors (Lipinski definition) is 2. The average Bonchev–Trinajstić information content (AvgIpc) is 2.04. The topological polar surface area (TPSA) is 24.4 Å². The van der Waals surface area contributed by atoms with Crippen LogP contribution in [0.4, 0.5) is 0 Å². The molecule has 0 unspecified atom stereocenters. The van der Waals surface area contributed by atoms with Crippen molar-refractivity contribution in [3.8, 4) is 0 Å². The maximum Gasteiger partial charge on any atom is 0.0702 e. The molecule has 0 amide bonds. The number of fused-ring (bicyclic) bond motifs is 1. The SMILES string of the molecule is CC1=IC=C2CCNCC2=N1. The maximum absolute atomic E-state index is 4.56. The number of nitrogens with one attached hydrogen (secondary N) is 1. The summed E-state index contributed by atoms with van der Waals surface area (Å²) in [5.41, 5.74) is 2.81. The van der Waals surface area contributed by atoms with Crippen LogP contribution in [0.15, 0.2) is 14.6 Å². The van der Waals surface area contributed by atoms with Gasteiger partial charge in [0.15, 0.2) is 0 Å². The molecule has 2 heterocycles. The number of hydrogen-bond donors (Lipinski definition) is 1. The molecule has 0 atom stereocenters. The summed E-state index contributed by atoms with van der Waals surface area (Å²) in [6.07, 6.45) is 1.19. The molecule has 1 N–H and O–H groups in total. The molecule has 2 aliphatic rings. The van der Waals surface area contributed by atoms with Crippen LogP contribution in [0, 0.1) is 0 Å². The molecule has 3 heteroatoms. The monoisotopic (exact) mass is 262 g/mol. The molecule has 0 aromatic rings. The lowest BCUT2D eigenvalue weighted by Gasteiger charge is -2.19. The molecule has 0 saturated carbocycles. The molecule has 11 heavy (non-hydrogen) atoms. The predicted molar refractivity (Wildman–Crippen MR) is 57.7 cm³/mol. The zero-order valence-electron chi connectivity index (χ0n) is 6.52.